The Morgan fingerprint density at radius 2 is 2.10 bits per heavy atom. The zero-order chi connectivity index (χ0) is 21.6. The third-order valence-corrected chi connectivity index (χ3v) is 9.81. The Balaban J connectivity index is 1.34. The molecule has 162 valence electrons. The summed E-state index contributed by atoms with van der Waals surface area (Å²) in [5.41, 5.74) is 2.46. The smallest absolute Gasteiger partial charge is 0.257 e. The average molecular weight is 474 g/mol. The number of benzene rings is 1. The molecule has 0 spiro atoms. The number of carbonyl (C=O) groups excluding carboxylic acids is 1. The highest BCUT2D eigenvalue weighted by Crippen LogP contribution is 2.32. The van der Waals surface area contributed by atoms with Gasteiger partial charge in [0.1, 0.15) is 0 Å². The van der Waals surface area contributed by atoms with Crippen LogP contribution in [0.25, 0.3) is 0 Å². The molecular weight excluding hydrogens is 450 g/mol. The van der Waals surface area contributed by atoms with Crippen molar-refractivity contribution in [2.24, 2.45) is 5.92 Å². The summed E-state index contributed by atoms with van der Waals surface area (Å²) in [7, 11) is -3.67. The summed E-state index contributed by atoms with van der Waals surface area (Å²) in [5, 5.41) is 5.44. The van der Waals surface area contributed by atoms with E-state index in [9.17, 15) is 13.2 Å². The van der Waals surface area contributed by atoms with Crippen LogP contribution in [-0.4, -0.2) is 30.2 Å². The van der Waals surface area contributed by atoms with E-state index in [0.717, 1.165) is 36.9 Å². The lowest BCUT2D eigenvalue weighted by Gasteiger charge is -2.26. The largest absolute Gasteiger partial charge is 0.298 e. The van der Waals surface area contributed by atoms with E-state index >= 15 is 0 Å². The minimum Gasteiger partial charge on any atom is -0.298 e. The number of nitrogens with zero attached hydrogens (tertiary/aromatic N) is 2. The van der Waals surface area contributed by atoms with Crippen molar-refractivity contribution in [1.82, 2.24) is 9.29 Å². The SMILES string of the molecule is CC1CCc2nc(NC(=O)c3cccc(S(=O)(=O)N4CCc5sccc5C4)c3)sc2C1. The normalized spacial score (nSPS) is 18.9. The molecule has 0 saturated carbocycles. The number of aromatic nitrogens is 1. The van der Waals surface area contributed by atoms with Gasteiger partial charge in [0.25, 0.3) is 5.91 Å². The van der Waals surface area contributed by atoms with E-state index in [4.69, 9.17) is 0 Å². The summed E-state index contributed by atoms with van der Waals surface area (Å²) < 4.78 is 27.9. The molecule has 2 aromatic heterocycles. The molecule has 0 saturated heterocycles. The molecule has 0 fully saturated rings. The average Bonchev–Trinajstić information content (AvgIpc) is 3.39. The summed E-state index contributed by atoms with van der Waals surface area (Å²) >= 11 is 3.19. The van der Waals surface area contributed by atoms with E-state index in [-0.39, 0.29) is 10.8 Å². The second-order valence-electron chi connectivity index (χ2n) is 8.18. The number of hydrogen-bond acceptors (Lipinski definition) is 6. The minimum absolute atomic E-state index is 0.145. The fourth-order valence-electron chi connectivity index (χ4n) is 4.14. The molecule has 0 bridgehead atoms. The maximum Gasteiger partial charge on any atom is 0.257 e. The first-order valence-electron chi connectivity index (χ1n) is 10.4. The number of hydrogen-bond donors (Lipinski definition) is 1. The van der Waals surface area contributed by atoms with Crippen LogP contribution >= 0.6 is 22.7 Å². The van der Waals surface area contributed by atoms with Gasteiger partial charge in [0.2, 0.25) is 10.0 Å². The van der Waals surface area contributed by atoms with Gasteiger partial charge in [-0.25, -0.2) is 13.4 Å². The predicted octanol–water partition coefficient (Wildman–Crippen LogP) is 4.33. The Bertz CT molecular complexity index is 1250. The Morgan fingerprint density at radius 1 is 1.23 bits per heavy atom. The molecule has 1 N–H and O–H groups in total. The van der Waals surface area contributed by atoms with Gasteiger partial charge in [-0.1, -0.05) is 13.0 Å². The maximum absolute atomic E-state index is 13.2. The monoisotopic (exact) mass is 473 g/mol. The number of thiophene rings is 1. The molecular formula is C22H23N3O3S3. The molecule has 1 aliphatic heterocycles. The van der Waals surface area contributed by atoms with Crippen molar-refractivity contribution in [3.8, 4) is 0 Å². The van der Waals surface area contributed by atoms with Crippen LogP contribution in [0.4, 0.5) is 5.13 Å². The number of amides is 1. The van der Waals surface area contributed by atoms with Crippen molar-refractivity contribution in [3.05, 3.63) is 62.3 Å². The molecule has 0 radical (unpaired) electrons. The van der Waals surface area contributed by atoms with Crippen molar-refractivity contribution in [2.75, 3.05) is 11.9 Å². The zero-order valence-electron chi connectivity index (χ0n) is 17.1. The fourth-order valence-corrected chi connectivity index (χ4v) is 7.66. The number of carbonyl (C=O) groups is 1. The van der Waals surface area contributed by atoms with E-state index in [1.54, 1.807) is 29.5 Å². The van der Waals surface area contributed by atoms with Gasteiger partial charge in [-0.05, 0) is 66.8 Å². The molecule has 2 aliphatic rings. The number of nitrogens with one attached hydrogen (secondary N) is 1. The Morgan fingerprint density at radius 3 is 2.97 bits per heavy atom. The van der Waals surface area contributed by atoms with Crippen LogP contribution in [0.1, 0.15) is 44.7 Å². The quantitative estimate of drug-likeness (QED) is 0.612. The number of rotatable bonds is 4. The number of fused-ring (bicyclic) bond motifs is 2. The van der Waals surface area contributed by atoms with Crippen LogP contribution in [0.5, 0.6) is 0 Å². The van der Waals surface area contributed by atoms with Crippen LogP contribution in [-0.2, 0) is 35.8 Å². The molecule has 3 heterocycles. The van der Waals surface area contributed by atoms with Gasteiger partial charge in [0.05, 0.1) is 10.6 Å². The number of anilines is 1. The summed E-state index contributed by atoms with van der Waals surface area (Å²) in [4.78, 5) is 20.0. The van der Waals surface area contributed by atoms with Crippen molar-refractivity contribution in [1.29, 1.82) is 0 Å². The van der Waals surface area contributed by atoms with Gasteiger partial charge < -0.3 is 0 Å². The van der Waals surface area contributed by atoms with E-state index < -0.39 is 10.0 Å². The fraction of sp³-hybridized carbons (Fsp3) is 0.364. The highest BCUT2D eigenvalue weighted by Gasteiger charge is 2.29. The second-order valence-corrected chi connectivity index (χ2v) is 12.2. The molecule has 1 aliphatic carbocycles. The van der Waals surface area contributed by atoms with Crippen molar-refractivity contribution >= 4 is 43.7 Å². The lowest BCUT2D eigenvalue weighted by molar-refractivity contribution is 0.102. The van der Waals surface area contributed by atoms with Crippen LogP contribution in [0.2, 0.25) is 0 Å². The Labute approximate surface area is 190 Å². The highest BCUT2D eigenvalue weighted by molar-refractivity contribution is 7.89. The Hall–Kier alpha value is -2.07. The standard InChI is InChI=1S/C22H23N3O3S3/c1-14-5-6-18-20(11-14)30-22(23-18)24-21(26)15-3-2-4-17(12-15)31(27,28)25-9-7-19-16(13-25)8-10-29-19/h2-4,8,10,12,14H,5-7,9,11,13H2,1H3,(H,23,24,26). The van der Waals surface area contributed by atoms with E-state index in [0.29, 0.717) is 29.7 Å². The molecule has 3 aromatic rings. The second kappa shape index (κ2) is 8.12. The number of thiazole rings is 1. The van der Waals surface area contributed by atoms with Gasteiger partial charge in [0, 0.05) is 28.4 Å². The molecule has 9 heteroatoms. The zero-order valence-corrected chi connectivity index (χ0v) is 19.6. The summed E-state index contributed by atoms with van der Waals surface area (Å²) in [5.74, 6) is 0.299. The molecule has 1 atom stereocenters. The van der Waals surface area contributed by atoms with Gasteiger partial charge in [-0.3, -0.25) is 10.1 Å². The van der Waals surface area contributed by atoms with Crippen LogP contribution < -0.4 is 5.32 Å². The molecule has 1 aromatic carbocycles. The van der Waals surface area contributed by atoms with Gasteiger partial charge in [-0.2, -0.15) is 4.31 Å². The van der Waals surface area contributed by atoms with Gasteiger partial charge in [-0.15, -0.1) is 22.7 Å². The lowest BCUT2D eigenvalue weighted by atomic mass is 9.93. The molecule has 31 heavy (non-hydrogen) atoms. The summed E-state index contributed by atoms with van der Waals surface area (Å²) in [6.45, 7) is 3.06. The maximum atomic E-state index is 13.2. The highest BCUT2D eigenvalue weighted by atomic mass is 32.2. The third-order valence-electron chi connectivity index (χ3n) is 5.91. The molecule has 6 nitrogen and oxygen atoms in total. The first-order valence-corrected chi connectivity index (χ1v) is 13.5. The van der Waals surface area contributed by atoms with E-state index in [2.05, 4.69) is 17.2 Å². The van der Waals surface area contributed by atoms with Gasteiger partial charge >= 0.3 is 0 Å². The molecule has 1 amide bonds. The van der Waals surface area contributed by atoms with Crippen LogP contribution in [0.3, 0.4) is 0 Å². The van der Waals surface area contributed by atoms with Crippen molar-refractivity contribution in [2.45, 2.75) is 44.0 Å². The molecule has 5 rings (SSSR count). The number of aryl methyl sites for hydroxylation is 1. The minimum atomic E-state index is -3.67. The van der Waals surface area contributed by atoms with E-state index in [1.807, 2.05) is 11.4 Å². The predicted molar refractivity (Wildman–Crippen MR) is 123 cm³/mol. The third kappa shape index (κ3) is 4.07. The topological polar surface area (TPSA) is 79.4 Å². The van der Waals surface area contributed by atoms with E-state index in [1.165, 1.54) is 31.5 Å². The van der Waals surface area contributed by atoms with Crippen LogP contribution in [0, 0.1) is 5.92 Å². The van der Waals surface area contributed by atoms with Crippen LogP contribution in [0.15, 0.2) is 40.6 Å². The van der Waals surface area contributed by atoms with Crippen molar-refractivity contribution < 1.29 is 13.2 Å². The summed E-state index contributed by atoms with van der Waals surface area (Å²) in [6, 6.07) is 8.26. The lowest BCUT2D eigenvalue weighted by Crippen LogP contribution is -2.35. The molecule has 1 unspecified atom stereocenters. The first kappa shape index (κ1) is 20.8. The van der Waals surface area contributed by atoms with Crippen molar-refractivity contribution in [3.63, 3.8) is 0 Å². The van der Waals surface area contributed by atoms with Gasteiger partial charge in [0.15, 0.2) is 5.13 Å². The summed E-state index contributed by atoms with van der Waals surface area (Å²) in [6.07, 6.45) is 3.78. The number of sulfonamides is 1. The first-order chi connectivity index (χ1) is 14.9. The Kier molecular flexibility index (Phi) is 5.45.